The van der Waals surface area contributed by atoms with Crippen LogP contribution in [0.4, 0.5) is 11.8 Å². The molecule has 19 heavy (non-hydrogen) atoms. The number of imidazole rings is 1. The Morgan fingerprint density at radius 3 is 2.53 bits per heavy atom. The molecule has 0 bridgehead atoms. The number of nitrogens with two attached hydrogens (primary N) is 2. The van der Waals surface area contributed by atoms with E-state index >= 15 is 0 Å². The summed E-state index contributed by atoms with van der Waals surface area (Å²) < 4.78 is 1.77. The van der Waals surface area contributed by atoms with Gasteiger partial charge in [0.15, 0.2) is 17.0 Å². The van der Waals surface area contributed by atoms with Gasteiger partial charge in [0.2, 0.25) is 5.95 Å². The van der Waals surface area contributed by atoms with Gasteiger partial charge in [-0.05, 0) is 17.7 Å². The smallest absolute Gasteiger partial charge is 0.224 e. The van der Waals surface area contributed by atoms with E-state index in [0.717, 1.165) is 11.3 Å². The fraction of sp³-hybridized carbons (Fsp3) is 0.0833. The Bertz CT molecular complexity index is 734. The first kappa shape index (κ1) is 11.4. The molecule has 0 aliphatic carbocycles. The molecule has 0 aliphatic rings. The first-order chi connectivity index (χ1) is 9.19. The quantitative estimate of drug-likeness (QED) is 0.613. The van der Waals surface area contributed by atoms with Crippen LogP contribution >= 0.6 is 0 Å². The maximum atomic E-state index is 9.03. The van der Waals surface area contributed by atoms with Crippen molar-refractivity contribution >= 4 is 22.9 Å². The van der Waals surface area contributed by atoms with Crippen molar-refractivity contribution in [2.75, 3.05) is 11.5 Å². The summed E-state index contributed by atoms with van der Waals surface area (Å²) in [5.41, 5.74) is 14.1. The van der Waals surface area contributed by atoms with E-state index in [2.05, 4.69) is 15.0 Å². The van der Waals surface area contributed by atoms with E-state index < -0.39 is 0 Å². The summed E-state index contributed by atoms with van der Waals surface area (Å²) in [6, 6.07) is 7.38. The van der Waals surface area contributed by atoms with Crippen LogP contribution in [0.2, 0.25) is 0 Å². The van der Waals surface area contributed by atoms with E-state index in [1.54, 1.807) is 10.9 Å². The van der Waals surface area contributed by atoms with Crippen LogP contribution in [0.1, 0.15) is 5.56 Å². The third-order valence-corrected chi connectivity index (χ3v) is 2.84. The van der Waals surface area contributed by atoms with Crippen LogP contribution in [0, 0.1) is 0 Å². The van der Waals surface area contributed by atoms with Gasteiger partial charge in [0.05, 0.1) is 6.61 Å². The van der Waals surface area contributed by atoms with Gasteiger partial charge in [-0.15, -0.1) is 0 Å². The second kappa shape index (κ2) is 4.21. The van der Waals surface area contributed by atoms with Crippen molar-refractivity contribution in [3.8, 4) is 5.69 Å². The molecule has 3 rings (SSSR count). The minimum Gasteiger partial charge on any atom is -0.392 e. The lowest BCUT2D eigenvalue weighted by atomic mass is 10.2. The van der Waals surface area contributed by atoms with Crippen molar-refractivity contribution in [3.63, 3.8) is 0 Å². The van der Waals surface area contributed by atoms with E-state index in [-0.39, 0.29) is 18.4 Å². The third-order valence-electron chi connectivity index (χ3n) is 2.84. The molecule has 7 heteroatoms. The molecule has 0 unspecified atom stereocenters. The number of rotatable bonds is 2. The van der Waals surface area contributed by atoms with Crippen LogP contribution in [0.5, 0.6) is 0 Å². The fourth-order valence-electron chi connectivity index (χ4n) is 1.89. The van der Waals surface area contributed by atoms with Crippen molar-refractivity contribution in [2.45, 2.75) is 6.61 Å². The molecule has 0 atom stereocenters. The maximum absolute atomic E-state index is 9.03. The Labute approximate surface area is 108 Å². The van der Waals surface area contributed by atoms with Crippen LogP contribution in [0.15, 0.2) is 30.6 Å². The van der Waals surface area contributed by atoms with Gasteiger partial charge in [-0.25, -0.2) is 4.98 Å². The highest BCUT2D eigenvalue weighted by Crippen LogP contribution is 2.20. The molecule has 5 N–H and O–H groups in total. The average molecular weight is 256 g/mol. The molecule has 96 valence electrons. The molecule has 0 saturated carbocycles. The molecular formula is C12H12N6O. The highest BCUT2D eigenvalue weighted by molar-refractivity contribution is 5.83. The van der Waals surface area contributed by atoms with Crippen molar-refractivity contribution in [1.82, 2.24) is 19.5 Å². The van der Waals surface area contributed by atoms with Crippen molar-refractivity contribution in [3.05, 3.63) is 36.2 Å². The van der Waals surface area contributed by atoms with E-state index in [9.17, 15) is 0 Å². The van der Waals surface area contributed by atoms with Gasteiger partial charge < -0.3 is 16.6 Å². The molecule has 0 saturated heterocycles. The predicted molar refractivity (Wildman–Crippen MR) is 71.4 cm³/mol. The molecule has 0 fully saturated rings. The lowest BCUT2D eigenvalue weighted by Gasteiger charge is -2.05. The Hall–Kier alpha value is -2.67. The summed E-state index contributed by atoms with van der Waals surface area (Å²) in [4.78, 5) is 12.2. The number of aromatic nitrogens is 4. The SMILES string of the molecule is Nc1nc(N)c2ncn(-c3ccc(CO)cc3)c2n1. The highest BCUT2D eigenvalue weighted by Gasteiger charge is 2.11. The Morgan fingerprint density at radius 2 is 1.84 bits per heavy atom. The Balaban J connectivity index is 2.19. The molecule has 3 aromatic rings. The van der Waals surface area contributed by atoms with Crippen LogP contribution in [-0.2, 0) is 6.61 Å². The van der Waals surface area contributed by atoms with Gasteiger partial charge in [0, 0.05) is 5.69 Å². The maximum Gasteiger partial charge on any atom is 0.224 e. The molecule has 2 aromatic heterocycles. The summed E-state index contributed by atoms with van der Waals surface area (Å²) in [6.07, 6.45) is 1.61. The van der Waals surface area contributed by atoms with Crippen LogP contribution in [0.25, 0.3) is 16.9 Å². The van der Waals surface area contributed by atoms with Crippen molar-refractivity contribution < 1.29 is 5.11 Å². The third kappa shape index (κ3) is 1.85. The number of aliphatic hydroxyl groups excluding tert-OH is 1. The minimum absolute atomic E-state index is 0.00697. The lowest BCUT2D eigenvalue weighted by Crippen LogP contribution is -2.02. The molecule has 1 aromatic carbocycles. The number of hydrogen-bond acceptors (Lipinski definition) is 6. The highest BCUT2D eigenvalue weighted by atomic mass is 16.3. The first-order valence-corrected chi connectivity index (χ1v) is 5.65. The molecule has 0 aliphatic heterocycles. The second-order valence-corrected chi connectivity index (χ2v) is 4.08. The van der Waals surface area contributed by atoms with E-state index in [1.165, 1.54) is 0 Å². The Morgan fingerprint density at radius 1 is 1.11 bits per heavy atom. The minimum atomic E-state index is 0.00697. The van der Waals surface area contributed by atoms with Gasteiger partial charge >= 0.3 is 0 Å². The average Bonchev–Trinajstić information content (AvgIpc) is 2.83. The van der Waals surface area contributed by atoms with Gasteiger partial charge in [0.1, 0.15) is 6.33 Å². The van der Waals surface area contributed by atoms with Gasteiger partial charge in [-0.3, -0.25) is 4.57 Å². The van der Waals surface area contributed by atoms with Crippen LogP contribution < -0.4 is 11.5 Å². The first-order valence-electron chi connectivity index (χ1n) is 5.65. The summed E-state index contributed by atoms with van der Waals surface area (Å²) in [5.74, 6) is 0.368. The lowest BCUT2D eigenvalue weighted by molar-refractivity contribution is 0.282. The topological polar surface area (TPSA) is 116 Å². The predicted octanol–water partition coefficient (Wildman–Crippen LogP) is 0.472. The number of hydrogen-bond donors (Lipinski definition) is 3. The van der Waals surface area contributed by atoms with Crippen molar-refractivity contribution in [1.29, 1.82) is 0 Å². The zero-order chi connectivity index (χ0) is 13.4. The van der Waals surface area contributed by atoms with Gasteiger partial charge in [0.25, 0.3) is 0 Å². The molecule has 7 nitrogen and oxygen atoms in total. The number of benzene rings is 1. The zero-order valence-corrected chi connectivity index (χ0v) is 9.98. The van der Waals surface area contributed by atoms with Crippen molar-refractivity contribution in [2.24, 2.45) is 0 Å². The number of anilines is 2. The Kier molecular flexibility index (Phi) is 2.53. The number of nitrogens with zero attached hydrogens (tertiary/aromatic N) is 4. The van der Waals surface area contributed by atoms with Gasteiger partial charge in [-0.1, -0.05) is 12.1 Å². The second-order valence-electron chi connectivity index (χ2n) is 4.08. The molecule has 0 spiro atoms. The summed E-state index contributed by atoms with van der Waals surface area (Å²) in [5, 5.41) is 9.03. The standard InChI is InChI=1S/C12H12N6O/c13-10-9-11(17-12(14)16-10)18(6-15-9)8-3-1-7(5-19)2-4-8/h1-4,6,19H,5H2,(H4,13,14,16,17). The molecule has 0 amide bonds. The van der Waals surface area contributed by atoms with Gasteiger partial charge in [-0.2, -0.15) is 9.97 Å². The molecule has 0 radical (unpaired) electrons. The summed E-state index contributed by atoms with van der Waals surface area (Å²) in [6.45, 7) is 0.00697. The van der Waals surface area contributed by atoms with E-state index in [0.29, 0.717) is 11.2 Å². The number of nitrogen functional groups attached to an aromatic ring is 2. The summed E-state index contributed by atoms with van der Waals surface area (Å²) >= 11 is 0. The normalized spacial score (nSPS) is 11.0. The largest absolute Gasteiger partial charge is 0.392 e. The number of aliphatic hydroxyl groups is 1. The van der Waals surface area contributed by atoms with E-state index in [1.807, 2.05) is 24.3 Å². The van der Waals surface area contributed by atoms with Crippen LogP contribution in [0.3, 0.4) is 0 Å². The van der Waals surface area contributed by atoms with Crippen LogP contribution in [-0.4, -0.2) is 24.6 Å². The fourth-order valence-corrected chi connectivity index (χ4v) is 1.89. The summed E-state index contributed by atoms with van der Waals surface area (Å²) in [7, 11) is 0. The van der Waals surface area contributed by atoms with E-state index in [4.69, 9.17) is 16.6 Å². The molecule has 2 heterocycles. The number of fused-ring (bicyclic) bond motifs is 1. The monoisotopic (exact) mass is 256 g/mol. The molecular weight excluding hydrogens is 244 g/mol. The zero-order valence-electron chi connectivity index (χ0n) is 9.98.